The van der Waals surface area contributed by atoms with Crippen LogP contribution in [0.4, 0.5) is 0 Å². The van der Waals surface area contributed by atoms with E-state index in [1.165, 1.54) is 22.0 Å². The van der Waals surface area contributed by atoms with Crippen molar-refractivity contribution in [3.8, 4) is 0 Å². The van der Waals surface area contributed by atoms with Crippen LogP contribution in [0.1, 0.15) is 11.1 Å². The predicted octanol–water partition coefficient (Wildman–Crippen LogP) is 2.78. The second-order valence-corrected chi connectivity index (χ2v) is 3.02. The number of nitrogens with one attached hydrogen (secondary N) is 1. The van der Waals surface area contributed by atoms with E-state index >= 15 is 0 Å². The fraction of sp³-hybridized carbons (Fsp3) is 0.200. The van der Waals surface area contributed by atoms with E-state index in [2.05, 4.69) is 37.0 Å². The molecular formula is C10H11N. The summed E-state index contributed by atoms with van der Waals surface area (Å²) in [7, 11) is 0. The van der Waals surface area contributed by atoms with Crippen molar-refractivity contribution < 1.29 is 0 Å². The zero-order valence-electron chi connectivity index (χ0n) is 6.81. The van der Waals surface area contributed by atoms with Crippen molar-refractivity contribution in [2.24, 2.45) is 0 Å². The maximum absolute atomic E-state index is 3.22. The molecule has 2 aromatic rings. The molecule has 0 atom stereocenters. The van der Waals surface area contributed by atoms with Crippen LogP contribution >= 0.6 is 0 Å². The quantitative estimate of drug-likeness (QED) is 0.586. The lowest BCUT2D eigenvalue weighted by Crippen LogP contribution is -1.78. The largest absolute Gasteiger partial charge is 0.361 e. The lowest BCUT2D eigenvalue weighted by atomic mass is 10.1. The minimum atomic E-state index is 1.26. The summed E-state index contributed by atoms with van der Waals surface area (Å²) in [6.45, 7) is 4.26. The molecule has 0 aliphatic carbocycles. The second kappa shape index (κ2) is 2.12. The minimum absolute atomic E-state index is 1.26. The molecule has 0 spiro atoms. The van der Waals surface area contributed by atoms with Gasteiger partial charge in [-0.1, -0.05) is 11.6 Å². The first-order chi connectivity index (χ1) is 5.27. The summed E-state index contributed by atoms with van der Waals surface area (Å²) < 4.78 is 0. The zero-order valence-corrected chi connectivity index (χ0v) is 6.81. The van der Waals surface area contributed by atoms with E-state index in [-0.39, 0.29) is 0 Å². The number of H-pyrrole nitrogens is 1. The van der Waals surface area contributed by atoms with Crippen molar-refractivity contribution in [1.82, 2.24) is 4.98 Å². The molecule has 1 aromatic carbocycles. The third-order valence-corrected chi connectivity index (χ3v) is 2.00. The van der Waals surface area contributed by atoms with Crippen LogP contribution in [-0.2, 0) is 0 Å². The van der Waals surface area contributed by atoms with Crippen LogP contribution in [0.15, 0.2) is 24.4 Å². The first kappa shape index (κ1) is 6.47. The molecule has 1 N–H and O–H groups in total. The Kier molecular flexibility index (Phi) is 1.25. The lowest BCUT2D eigenvalue weighted by Gasteiger charge is -1.97. The van der Waals surface area contributed by atoms with Gasteiger partial charge in [-0.3, -0.25) is 0 Å². The molecule has 0 radical (unpaired) electrons. The Hall–Kier alpha value is -1.24. The Morgan fingerprint density at radius 2 is 2.00 bits per heavy atom. The van der Waals surface area contributed by atoms with Gasteiger partial charge in [0.1, 0.15) is 0 Å². The van der Waals surface area contributed by atoms with Crippen molar-refractivity contribution in [3.63, 3.8) is 0 Å². The average molecular weight is 145 g/mol. The van der Waals surface area contributed by atoms with Crippen molar-refractivity contribution >= 4 is 10.9 Å². The highest BCUT2D eigenvalue weighted by Crippen LogP contribution is 2.18. The molecule has 0 unspecified atom stereocenters. The maximum atomic E-state index is 3.22. The number of fused-ring (bicyclic) bond motifs is 1. The molecule has 0 saturated heterocycles. The van der Waals surface area contributed by atoms with Gasteiger partial charge in [0.05, 0.1) is 0 Å². The van der Waals surface area contributed by atoms with Crippen LogP contribution in [0.25, 0.3) is 10.9 Å². The standard InChI is InChI=1S/C10H11N/c1-7-5-8(2)10-9(6-7)3-4-11-10/h3-6,11H,1-2H3. The summed E-state index contributed by atoms with van der Waals surface area (Å²) >= 11 is 0. The highest BCUT2D eigenvalue weighted by atomic mass is 14.7. The summed E-state index contributed by atoms with van der Waals surface area (Å²) in [6.07, 6.45) is 1.98. The Balaban J connectivity index is 2.91. The van der Waals surface area contributed by atoms with Crippen molar-refractivity contribution in [2.45, 2.75) is 13.8 Å². The smallest absolute Gasteiger partial charge is 0.0483 e. The molecule has 1 heterocycles. The van der Waals surface area contributed by atoms with Crippen LogP contribution in [0.2, 0.25) is 0 Å². The molecule has 0 aliphatic heterocycles. The van der Waals surface area contributed by atoms with Gasteiger partial charge in [-0.15, -0.1) is 0 Å². The van der Waals surface area contributed by atoms with Crippen LogP contribution in [-0.4, -0.2) is 4.98 Å². The molecule has 56 valence electrons. The highest BCUT2D eigenvalue weighted by Gasteiger charge is 1.97. The molecule has 11 heavy (non-hydrogen) atoms. The van der Waals surface area contributed by atoms with Gasteiger partial charge in [0, 0.05) is 11.7 Å². The van der Waals surface area contributed by atoms with E-state index in [4.69, 9.17) is 0 Å². The highest BCUT2D eigenvalue weighted by molar-refractivity contribution is 5.83. The van der Waals surface area contributed by atoms with Gasteiger partial charge in [0.25, 0.3) is 0 Å². The third-order valence-electron chi connectivity index (χ3n) is 2.00. The zero-order chi connectivity index (χ0) is 7.84. The summed E-state index contributed by atoms with van der Waals surface area (Å²) in [5.74, 6) is 0. The van der Waals surface area contributed by atoms with Gasteiger partial charge in [-0.25, -0.2) is 0 Å². The summed E-state index contributed by atoms with van der Waals surface area (Å²) in [5, 5.41) is 1.31. The number of hydrogen-bond acceptors (Lipinski definition) is 0. The molecule has 0 fully saturated rings. The van der Waals surface area contributed by atoms with E-state index in [0.717, 1.165) is 0 Å². The topological polar surface area (TPSA) is 15.8 Å². The van der Waals surface area contributed by atoms with E-state index < -0.39 is 0 Å². The molecule has 2 rings (SSSR count). The number of hydrogen-bond donors (Lipinski definition) is 1. The third kappa shape index (κ3) is 0.929. The fourth-order valence-corrected chi connectivity index (χ4v) is 1.54. The lowest BCUT2D eigenvalue weighted by molar-refractivity contribution is 1.38. The van der Waals surface area contributed by atoms with E-state index in [1.807, 2.05) is 6.20 Å². The number of aromatic nitrogens is 1. The molecule has 0 bridgehead atoms. The van der Waals surface area contributed by atoms with Gasteiger partial charge in [0.15, 0.2) is 0 Å². The van der Waals surface area contributed by atoms with Crippen molar-refractivity contribution in [3.05, 3.63) is 35.5 Å². The van der Waals surface area contributed by atoms with Crippen LogP contribution in [0.3, 0.4) is 0 Å². The molecule has 1 aromatic heterocycles. The average Bonchev–Trinajstić information content (AvgIpc) is 2.34. The minimum Gasteiger partial charge on any atom is -0.361 e. The van der Waals surface area contributed by atoms with Gasteiger partial charge in [-0.05, 0) is 36.9 Å². The summed E-state index contributed by atoms with van der Waals surface area (Å²) in [5.41, 5.74) is 3.91. The molecule has 1 nitrogen and oxygen atoms in total. The van der Waals surface area contributed by atoms with Crippen molar-refractivity contribution in [2.75, 3.05) is 0 Å². The van der Waals surface area contributed by atoms with E-state index in [9.17, 15) is 0 Å². The fourth-order valence-electron chi connectivity index (χ4n) is 1.54. The molecular weight excluding hydrogens is 134 g/mol. The predicted molar refractivity (Wildman–Crippen MR) is 47.8 cm³/mol. The number of aromatic amines is 1. The monoisotopic (exact) mass is 145 g/mol. The Morgan fingerprint density at radius 3 is 2.82 bits per heavy atom. The Labute approximate surface area is 66.1 Å². The summed E-state index contributed by atoms with van der Waals surface area (Å²) in [6, 6.07) is 6.49. The normalized spacial score (nSPS) is 10.7. The molecule has 1 heteroatoms. The van der Waals surface area contributed by atoms with Gasteiger partial charge in [0.2, 0.25) is 0 Å². The van der Waals surface area contributed by atoms with Gasteiger partial charge >= 0.3 is 0 Å². The van der Waals surface area contributed by atoms with Gasteiger partial charge < -0.3 is 4.98 Å². The Bertz CT molecular complexity index is 385. The Morgan fingerprint density at radius 1 is 1.18 bits per heavy atom. The second-order valence-electron chi connectivity index (χ2n) is 3.02. The van der Waals surface area contributed by atoms with Crippen molar-refractivity contribution in [1.29, 1.82) is 0 Å². The molecule has 0 saturated carbocycles. The number of aryl methyl sites for hydroxylation is 2. The number of benzene rings is 1. The number of rotatable bonds is 0. The summed E-state index contributed by atoms with van der Waals surface area (Å²) in [4.78, 5) is 3.22. The van der Waals surface area contributed by atoms with Crippen LogP contribution < -0.4 is 0 Å². The molecule has 0 aliphatic rings. The molecule has 0 amide bonds. The van der Waals surface area contributed by atoms with Crippen LogP contribution in [0, 0.1) is 13.8 Å². The van der Waals surface area contributed by atoms with Crippen LogP contribution in [0.5, 0.6) is 0 Å². The van der Waals surface area contributed by atoms with Gasteiger partial charge in [-0.2, -0.15) is 0 Å². The first-order valence-electron chi connectivity index (χ1n) is 3.82. The SMILES string of the molecule is Cc1cc(C)c2[nH]ccc2c1. The maximum Gasteiger partial charge on any atom is 0.0483 e. The van der Waals surface area contributed by atoms with E-state index in [1.54, 1.807) is 0 Å². The first-order valence-corrected chi connectivity index (χ1v) is 3.82. The van der Waals surface area contributed by atoms with E-state index in [0.29, 0.717) is 0 Å².